The predicted octanol–water partition coefficient (Wildman–Crippen LogP) is -3.83. The smallest absolute Gasteiger partial charge is 0.111 e. The van der Waals surface area contributed by atoms with Gasteiger partial charge in [-0.05, 0) is 0 Å². The van der Waals surface area contributed by atoms with E-state index in [1.807, 2.05) is 0 Å². The van der Waals surface area contributed by atoms with Gasteiger partial charge >= 0.3 is 0 Å². The second kappa shape index (κ2) is 3.25. The molecule has 0 atom stereocenters. The summed E-state index contributed by atoms with van der Waals surface area (Å²) in [5.41, 5.74) is 0. The average Bonchev–Trinajstić information content (AvgIpc) is 2.08. The first-order valence-electron chi connectivity index (χ1n) is 3.55. The Morgan fingerprint density at radius 2 is 0.417 bits per heavy atom. The van der Waals surface area contributed by atoms with Crippen molar-refractivity contribution in [3.63, 3.8) is 0 Å². The lowest BCUT2D eigenvalue weighted by atomic mass is 9.85. The maximum absolute atomic E-state index is 8.97. The number of aliphatic hydroxyl groups excluding tert-OH is 6. The molecular formula is C6H12O6. The van der Waals surface area contributed by atoms with E-state index in [0.717, 1.165) is 0 Å². The average molecular weight is 180 g/mol. The minimum atomic E-state index is -1.64. The second-order valence-electron chi connectivity index (χ2n) is 2.94. The Hall–Kier alpha value is -0.240. The quantitative estimate of drug-likeness (QED) is 0.227. The van der Waals surface area contributed by atoms with Gasteiger partial charge in [0.1, 0.15) is 36.6 Å². The summed E-state index contributed by atoms with van der Waals surface area (Å²) in [6.45, 7) is 0. The third kappa shape index (κ3) is 1.33. The van der Waals surface area contributed by atoms with Crippen molar-refractivity contribution in [2.24, 2.45) is 0 Å². The van der Waals surface area contributed by atoms with E-state index in [1.165, 1.54) is 0 Å². The fraction of sp³-hybridized carbons (Fsp3) is 1.00. The molecule has 1 saturated carbocycles. The number of rotatable bonds is 0. The lowest BCUT2D eigenvalue weighted by Gasteiger charge is -2.39. The van der Waals surface area contributed by atoms with Crippen LogP contribution in [0.3, 0.4) is 0 Å². The van der Waals surface area contributed by atoms with E-state index in [2.05, 4.69) is 0 Å². The summed E-state index contributed by atoms with van der Waals surface area (Å²) in [5, 5.41) is 53.8. The van der Waals surface area contributed by atoms with Crippen LogP contribution in [-0.2, 0) is 0 Å². The predicted molar refractivity (Wildman–Crippen MR) is 36.0 cm³/mol. The van der Waals surface area contributed by atoms with E-state index >= 15 is 0 Å². The lowest BCUT2D eigenvalue weighted by Crippen LogP contribution is -2.63. The number of hydrogen-bond donors (Lipinski definition) is 6. The molecule has 0 heterocycles. The van der Waals surface area contributed by atoms with Crippen LogP contribution < -0.4 is 0 Å². The summed E-state index contributed by atoms with van der Waals surface area (Å²) in [5.74, 6) is 0. The molecule has 6 heteroatoms. The molecule has 6 N–H and O–H groups in total. The summed E-state index contributed by atoms with van der Waals surface area (Å²) in [6, 6.07) is 0. The molecule has 72 valence electrons. The molecule has 0 amide bonds. The molecule has 0 unspecified atom stereocenters. The Bertz CT molecular complexity index is 104. The normalized spacial score (nSPS) is 55.5. The van der Waals surface area contributed by atoms with Crippen LogP contribution in [0.1, 0.15) is 0 Å². The lowest BCUT2D eigenvalue weighted by molar-refractivity contribution is -0.223. The maximum atomic E-state index is 8.97. The first-order chi connectivity index (χ1) is 5.46. The summed E-state index contributed by atoms with van der Waals surface area (Å²) in [4.78, 5) is 0. The molecule has 1 fully saturated rings. The van der Waals surface area contributed by atoms with Gasteiger partial charge in [0.15, 0.2) is 0 Å². The van der Waals surface area contributed by atoms with Crippen LogP contribution >= 0.6 is 0 Å². The van der Waals surface area contributed by atoms with Gasteiger partial charge in [-0.15, -0.1) is 0 Å². The summed E-state index contributed by atoms with van der Waals surface area (Å²) in [6.07, 6.45) is -9.84. The van der Waals surface area contributed by atoms with Gasteiger partial charge in [-0.1, -0.05) is 0 Å². The van der Waals surface area contributed by atoms with Gasteiger partial charge in [-0.2, -0.15) is 0 Å². The topological polar surface area (TPSA) is 121 Å². The molecule has 1 aliphatic carbocycles. The molecule has 0 saturated heterocycles. The molecule has 12 heavy (non-hydrogen) atoms. The molecule has 0 spiro atoms. The van der Waals surface area contributed by atoms with Crippen LogP contribution in [0, 0.1) is 0 Å². The van der Waals surface area contributed by atoms with E-state index in [0.29, 0.717) is 0 Å². The van der Waals surface area contributed by atoms with Crippen molar-refractivity contribution >= 4 is 0 Å². The zero-order valence-electron chi connectivity index (χ0n) is 6.15. The monoisotopic (exact) mass is 180 g/mol. The Morgan fingerprint density at radius 1 is 0.333 bits per heavy atom. The van der Waals surface area contributed by atoms with Crippen LogP contribution in [-0.4, -0.2) is 67.3 Å². The van der Waals surface area contributed by atoms with Crippen molar-refractivity contribution < 1.29 is 30.6 Å². The summed E-state index contributed by atoms with van der Waals surface area (Å²) >= 11 is 0. The Kier molecular flexibility index (Phi) is 2.67. The largest absolute Gasteiger partial charge is 0.387 e. The number of aliphatic hydroxyl groups is 6. The molecule has 1 rings (SSSR count). The van der Waals surface area contributed by atoms with Crippen molar-refractivity contribution in [2.75, 3.05) is 0 Å². The van der Waals surface area contributed by atoms with Crippen LogP contribution in [0.25, 0.3) is 0 Å². The van der Waals surface area contributed by atoms with Crippen LogP contribution in [0.2, 0.25) is 0 Å². The molecule has 1 aliphatic rings. The Labute approximate surface area is 68.3 Å². The van der Waals surface area contributed by atoms with Crippen LogP contribution in [0.15, 0.2) is 0 Å². The zero-order chi connectivity index (χ0) is 9.46. The first kappa shape index (κ1) is 9.85. The SMILES string of the molecule is OC1C(O)[C@H](O)[C@@H](O)[C@H](O)[C@@H]1O. The highest BCUT2D eigenvalue weighted by molar-refractivity contribution is 4.98. The van der Waals surface area contributed by atoms with Crippen molar-refractivity contribution in [3.8, 4) is 0 Å². The summed E-state index contributed by atoms with van der Waals surface area (Å²) in [7, 11) is 0. The van der Waals surface area contributed by atoms with Gasteiger partial charge in [-0.3, -0.25) is 0 Å². The second-order valence-corrected chi connectivity index (χ2v) is 2.94. The van der Waals surface area contributed by atoms with E-state index < -0.39 is 36.6 Å². The Morgan fingerprint density at radius 3 is 0.500 bits per heavy atom. The van der Waals surface area contributed by atoms with Crippen molar-refractivity contribution in [1.82, 2.24) is 0 Å². The Balaban J connectivity index is 2.76. The highest BCUT2D eigenvalue weighted by Gasteiger charge is 2.47. The zero-order valence-corrected chi connectivity index (χ0v) is 6.15. The molecule has 0 aromatic carbocycles. The minimum absolute atomic E-state index is 1.64. The molecule has 0 bridgehead atoms. The highest BCUT2D eigenvalue weighted by Crippen LogP contribution is 2.20. The van der Waals surface area contributed by atoms with Crippen LogP contribution in [0.4, 0.5) is 0 Å². The molecule has 0 aromatic heterocycles. The van der Waals surface area contributed by atoms with E-state index in [4.69, 9.17) is 30.6 Å². The third-order valence-corrected chi connectivity index (χ3v) is 2.10. The van der Waals surface area contributed by atoms with Gasteiger partial charge in [0.05, 0.1) is 0 Å². The summed E-state index contributed by atoms with van der Waals surface area (Å²) < 4.78 is 0. The van der Waals surface area contributed by atoms with Crippen molar-refractivity contribution in [1.29, 1.82) is 0 Å². The third-order valence-electron chi connectivity index (χ3n) is 2.10. The van der Waals surface area contributed by atoms with E-state index in [-0.39, 0.29) is 0 Å². The van der Waals surface area contributed by atoms with Gasteiger partial charge in [0, 0.05) is 0 Å². The number of hydrogen-bond acceptors (Lipinski definition) is 6. The molecular weight excluding hydrogens is 168 g/mol. The fourth-order valence-corrected chi connectivity index (χ4v) is 1.21. The minimum Gasteiger partial charge on any atom is -0.387 e. The first-order valence-corrected chi connectivity index (χ1v) is 3.55. The van der Waals surface area contributed by atoms with Crippen molar-refractivity contribution in [3.05, 3.63) is 0 Å². The van der Waals surface area contributed by atoms with E-state index in [1.54, 1.807) is 0 Å². The molecule has 0 radical (unpaired) electrons. The molecule has 0 aromatic rings. The van der Waals surface area contributed by atoms with Gasteiger partial charge in [-0.25, -0.2) is 0 Å². The fourth-order valence-electron chi connectivity index (χ4n) is 1.21. The van der Waals surface area contributed by atoms with Crippen molar-refractivity contribution in [2.45, 2.75) is 36.6 Å². The van der Waals surface area contributed by atoms with Gasteiger partial charge in [0.25, 0.3) is 0 Å². The highest BCUT2D eigenvalue weighted by atomic mass is 16.4. The maximum Gasteiger partial charge on any atom is 0.111 e. The molecule has 0 aliphatic heterocycles. The van der Waals surface area contributed by atoms with Crippen LogP contribution in [0.5, 0.6) is 0 Å². The van der Waals surface area contributed by atoms with E-state index in [9.17, 15) is 0 Å². The van der Waals surface area contributed by atoms with Gasteiger partial charge < -0.3 is 30.6 Å². The van der Waals surface area contributed by atoms with Gasteiger partial charge in [0.2, 0.25) is 0 Å². The standard InChI is InChI=1S/C6H12O6/c7-1-2(8)4(10)6(12)5(11)3(1)9/h1-12H/t1-,2-,3-,4+,5?,6?/m0/s1. The molecule has 6 nitrogen and oxygen atoms in total.